The van der Waals surface area contributed by atoms with Crippen molar-refractivity contribution in [2.75, 3.05) is 20.2 Å². The minimum absolute atomic E-state index is 0.114. The summed E-state index contributed by atoms with van der Waals surface area (Å²) in [4.78, 5) is 62.7. The molecule has 3 aromatic carbocycles. The van der Waals surface area contributed by atoms with E-state index < -0.39 is 66.3 Å². The number of aliphatic hydroxyl groups is 1. The highest BCUT2D eigenvalue weighted by atomic mass is 16.6. The van der Waals surface area contributed by atoms with E-state index in [1.807, 2.05) is 110 Å². The van der Waals surface area contributed by atoms with Gasteiger partial charge in [-0.3, -0.25) is 19.2 Å². The molecule has 0 aliphatic carbocycles. The van der Waals surface area contributed by atoms with Gasteiger partial charge in [0.1, 0.15) is 23.7 Å². The van der Waals surface area contributed by atoms with Gasteiger partial charge < -0.3 is 29.3 Å². The van der Waals surface area contributed by atoms with Crippen molar-refractivity contribution in [2.24, 2.45) is 11.8 Å². The average molecular weight is 690 g/mol. The van der Waals surface area contributed by atoms with E-state index in [1.165, 1.54) is 4.90 Å². The van der Waals surface area contributed by atoms with Crippen molar-refractivity contribution < 1.29 is 33.8 Å². The lowest BCUT2D eigenvalue weighted by molar-refractivity contribution is -0.164. The van der Waals surface area contributed by atoms with Crippen LogP contribution >= 0.6 is 0 Å². The Balaban J connectivity index is 1.35. The zero-order valence-corrected chi connectivity index (χ0v) is 28.8. The highest BCUT2D eigenvalue weighted by Crippen LogP contribution is 2.57. The van der Waals surface area contributed by atoms with Gasteiger partial charge in [0.2, 0.25) is 17.7 Å². The number of aliphatic hydroxyl groups excluding tert-OH is 1. The van der Waals surface area contributed by atoms with Crippen molar-refractivity contribution in [1.29, 1.82) is 0 Å². The lowest BCUT2D eigenvalue weighted by Gasteiger charge is -2.39. The minimum Gasteiger partial charge on any atom is -0.455 e. The first-order valence-electron chi connectivity index (χ1n) is 17.6. The molecule has 1 spiro atoms. The van der Waals surface area contributed by atoms with Crippen LogP contribution in [0.1, 0.15) is 48.6 Å². The molecule has 4 aliphatic heterocycles. The fourth-order valence-corrected chi connectivity index (χ4v) is 8.16. The van der Waals surface area contributed by atoms with Gasteiger partial charge in [-0.15, -0.1) is 0 Å². The van der Waals surface area contributed by atoms with E-state index in [1.54, 1.807) is 29.0 Å². The van der Waals surface area contributed by atoms with Crippen LogP contribution in [0.3, 0.4) is 0 Å². The Hall–Kier alpha value is -5.06. The zero-order valence-electron chi connectivity index (χ0n) is 28.8. The lowest BCUT2D eigenvalue weighted by atomic mass is 9.74. The van der Waals surface area contributed by atoms with Gasteiger partial charge in [0, 0.05) is 26.6 Å². The van der Waals surface area contributed by atoms with Crippen LogP contribution in [0.15, 0.2) is 115 Å². The van der Waals surface area contributed by atoms with Crippen LogP contribution in [-0.4, -0.2) is 87.5 Å². The van der Waals surface area contributed by atoms with Gasteiger partial charge in [-0.2, -0.15) is 0 Å². The number of fused-ring (bicyclic) bond motifs is 2. The molecule has 7 rings (SSSR count). The molecule has 0 unspecified atom stereocenters. The second-order valence-electron chi connectivity index (χ2n) is 13.8. The molecule has 0 radical (unpaired) electrons. The van der Waals surface area contributed by atoms with E-state index in [0.717, 1.165) is 5.56 Å². The third-order valence-corrected chi connectivity index (χ3v) is 10.9. The molecule has 5 bridgehead atoms. The van der Waals surface area contributed by atoms with Crippen molar-refractivity contribution in [3.8, 4) is 0 Å². The largest absolute Gasteiger partial charge is 0.455 e. The predicted octanol–water partition coefficient (Wildman–Crippen LogP) is 4.38. The van der Waals surface area contributed by atoms with Crippen molar-refractivity contribution in [3.05, 3.63) is 132 Å². The number of cyclic esters (lactones) is 1. The molecule has 3 amide bonds. The summed E-state index contributed by atoms with van der Waals surface area (Å²) in [6, 6.07) is 25.3. The first kappa shape index (κ1) is 34.4. The van der Waals surface area contributed by atoms with E-state index in [0.29, 0.717) is 17.5 Å². The summed E-state index contributed by atoms with van der Waals surface area (Å²) in [7, 11) is 1.70. The first-order chi connectivity index (χ1) is 24.7. The second-order valence-corrected chi connectivity index (χ2v) is 13.8. The van der Waals surface area contributed by atoms with Gasteiger partial charge in [0.05, 0.1) is 30.7 Å². The number of allylic oxidation sites excluding steroid dienone is 1. The van der Waals surface area contributed by atoms with Gasteiger partial charge in [0.15, 0.2) is 0 Å². The molecule has 3 aromatic rings. The summed E-state index contributed by atoms with van der Waals surface area (Å²) in [5.74, 6) is -3.73. The number of hydrogen-bond donors (Lipinski definition) is 1. The quantitative estimate of drug-likeness (QED) is 0.302. The Bertz CT molecular complexity index is 1820. The number of nitrogens with zero attached hydrogens (tertiary/aromatic N) is 3. The summed E-state index contributed by atoms with van der Waals surface area (Å²) in [5.41, 5.74) is 0.780. The molecular weight excluding hydrogens is 646 g/mol. The number of carbonyl (C=O) groups is 4. The Morgan fingerprint density at radius 3 is 2.24 bits per heavy atom. The Kier molecular flexibility index (Phi) is 9.63. The van der Waals surface area contributed by atoms with E-state index in [-0.39, 0.29) is 31.3 Å². The van der Waals surface area contributed by atoms with Gasteiger partial charge in [-0.1, -0.05) is 115 Å². The molecule has 1 N–H and O–H groups in total. The number of amides is 3. The number of ether oxygens (including phenoxy) is 2. The number of benzene rings is 3. The normalized spacial score (nSPS) is 30.8. The number of hydrogen-bond acceptors (Lipinski definition) is 7. The Morgan fingerprint density at radius 1 is 0.882 bits per heavy atom. The van der Waals surface area contributed by atoms with Crippen LogP contribution in [-0.2, 0) is 35.2 Å². The number of rotatable bonds is 6. The summed E-state index contributed by atoms with van der Waals surface area (Å²) in [6.45, 7) is 1.85. The molecule has 2 saturated heterocycles. The fraction of sp³-hybridized carbons (Fsp3) is 0.366. The van der Waals surface area contributed by atoms with Crippen molar-refractivity contribution in [3.63, 3.8) is 0 Å². The smallest absolute Gasteiger partial charge is 0.313 e. The van der Waals surface area contributed by atoms with Gasteiger partial charge >= 0.3 is 5.97 Å². The number of esters is 1. The predicted molar refractivity (Wildman–Crippen MR) is 188 cm³/mol. The zero-order chi connectivity index (χ0) is 35.7. The second kappa shape index (κ2) is 14.3. The SMILES string of the molecule is C[C@H]1[C@H](c2ccccc2)OC(=O)[C@@H]2[C@H]3C(=O)N([C@H](CO)c4ccccc4)[C@H](C(=O)N(Cc4ccccc4)C/C=C\CCC(=O)N1C)[C@]31C=C[C@H]2O1. The van der Waals surface area contributed by atoms with Crippen LogP contribution < -0.4 is 0 Å². The highest BCUT2D eigenvalue weighted by Gasteiger charge is 2.74. The molecule has 0 aromatic heterocycles. The van der Waals surface area contributed by atoms with E-state index >= 15 is 4.79 Å². The fourth-order valence-electron chi connectivity index (χ4n) is 8.16. The average Bonchev–Trinajstić information content (AvgIpc) is 3.81. The number of likely N-dealkylation sites (N-methyl/N-ethyl adjacent to an activating group) is 1. The Labute approximate surface area is 297 Å². The molecule has 8 atom stereocenters. The molecule has 10 nitrogen and oxygen atoms in total. The third-order valence-electron chi connectivity index (χ3n) is 10.9. The number of likely N-dealkylation sites (tertiary alicyclic amines) is 1. The van der Waals surface area contributed by atoms with Crippen molar-refractivity contribution in [2.45, 2.75) is 62.2 Å². The molecule has 0 saturated carbocycles. The lowest BCUT2D eigenvalue weighted by Crippen LogP contribution is -2.56. The summed E-state index contributed by atoms with van der Waals surface area (Å²) >= 11 is 0. The summed E-state index contributed by atoms with van der Waals surface area (Å²) in [6.07, 6.45) is 6.31. The van der Waals surface area contributed by atoms with Crippen LogP contribution in [0.4, 0.5) is 0 Å². The van der Waals surface area contributed by atoms with Gasteiger partial charge in [-0.05, 0) is 30.0 Å². The number of carbonyl (C=O) groups excluding carboxylic acids is 4. The molecule has 4 heterocycles. The maximum absolute atomic E-state index is 15.1. The van der Waals surface area contributed by atoms with Crippen molar-refractivity contribution >= 4 is 23.7 Å². The summed E-state index contributed by atoms with van der Waals surface area (Å²) < 4.78 is 13.0. The molecule has 264 valence electrons. The molecular formula is C41H43N3O7. The van der Waals surface area contributed by atoms with Crippen LogP contribution in [0, 0.1) is 11.8 Å². The summed E-state index contributed by atoms with van der Waals surface area (Å²) in [5, 5.41) is 10.9. The molecule has 51 heavy (non-hydrogen) atoms. The van der Waals surface area contributed by atoms with Crippen LogP contribution in [0.2, 0.25) is 0 Å². The maximum Gasteiger partial charge on any atom is 0.313 e. The van der Waals surface area contributed by atoms with Crippen molar-refractivity contribution in [1.82, 2.24) is 14.7 Å². The maximum atomic E-state index is 15.1. The van der Waals surface area contributed by atoms with E-state index in [2.05, 4.69) is 0 Å². The first-order valence-corrected chi connectivity index (χ1v) is 17.6. The van der Waals surface area contributed by atoms with Gasteiger partial charge in [-0.25, -0.2) is 0 Å². The Morgan fingerprint density at radius 2 is 1.55 bits per heavy atom. The highest BCUT2D eigenvalue weighted by molar-refractivity contribution is 5.99. The van der Waals surface area contributed by atoms with E-state index in [4.69, 9.17) is 9.47 Å². The van der Waals surface area contributed by atoms with Gasteiger partial charge in [0.25, 0.3) is 0 Å². The topological polar surface area (TPSA) is 117 Å². The molecule has 4 aliphatic rings. The minimum atomic E-state index is -1.47. The monoisotopic (exact) mass is 689 g/mol. The van der Waals surface area contributed by atoms with E-state index in [9.17, 15) is 19.5 Å². The molecule has 10 heteroatoms. The third kappa shape index (κ3) is 6.16. The van der Waals surface area contributed by atoms with Crippen LogP contribution in [0.25, 0.3) is 0 Å². The molecule has 2 fully saturated rings. The van der Waals surface area contributed by atoms with Crippen LogP contribution in [0.5, 0.6) is 0 Å². The standard InChI is InChI=1S/C41H43N3O7/c1-27-36(30-19-11-5-12-20-30)50-40(49)34-32-22-23-41(51-32)35(34)38(47)44(31(26-45)29-17-9-4-10-18-29)37(41)39(48)43(25-28-15-7-3-8-16-28)24-14-6-13-21-33(46)42(27)2/h3-12,14-20,22-23,27,31-32,34-37,45H,13,21,24-26H2,1-2H3/b14-6-/t27-,31+,32+,34-,35-,36+,37+,41-/m0/s1.